The minimum atomic E-state index is -1.47. The first-order valence-electron chi connectivity index (χ1n) is 5.32. The molecule has 90 valence electrons. The quantitative estimate of drug-likeness (QED) is 0.363. The van der Waals surface area contributed by atoms with Crippen LogP contribution in [0.1, 0.15) is 5.69 Å². The highest BCUT2D eigenvalue weighted by molar-refractivity contribution is 7.98. The molecular weight excluding hydrogens is 248 g/mol. The van der Waals surface area contributed by atoms with Crippen molar-refractivity contribution in [2.75, 3.05) is 6.26 Å². The van der Waals surface area contributed by atoms with E-state index in [1.807, 2.05) is 6.26 Å². The van der Waals surface area contributed by atoms with Crippen molar-refractivity contribution < 1.29 is 4.79 Å². The van der Waals surface area contributed by atoms with E-state index in [0.29, 0.717) is 5.16 Å². The number of aromatic nitrogens is 2. The van der Waals surface area contributed by atoms with Crippen LogP contribution in [0.2, 0.25) is 19.6 Å². The standard InChI is InChI=1S/C12H16N2OSSi/c1-16-12-13-7-5-10(14-12)9-11(15)6-8-17(2,3)4/h5,7H,9H2,1-4H3. The summed E-state index contributed by atoms with van der Waals surface area (Å²) in [5.74, 6) is 2.64. The van der Waals surface area contributed by atoms with E-state index in [9.17, 15) is 4.79 Å². The van der Waals surface area contributed by atoms with Gasteiger partial charge < -0.3 is 0 Å². The topological polar surface area (TPSA) is 42.9 Å². The summed E-state index contributed by atoms with van der Waals surface area (Å²) in [6.45, 7) is 6.34. The van der Waals surface area contributed by atoms with E-state index in [1.165, 1.54) is 11.8 Å². The highest BCUT2D eigenvalue weighted by Crippen LogP contribution is 2.08. The van der Waals surface area contributed by atoms with Gasteiger partial charge in [0.25, 0.3) is 0 Å². The van der Waals surface area contributed by atoms with Crippen molar-refractivity contribution in [2.45, 2.75) is 31.2 Å². The average molecular weight is 264 g/mol. The molecule has 5 heteroatoms. The van der Waals surface area contributed by atoms with Gasteiger partial charge in [0, 0.05) is 6.20 Å². The van der Waals surface area contributed by atoms with Gasteiger partial charge in [0.1, 0.15) is 8.07 Å². The van der Waals surface area contributed by atoms with Gasteiger partial charge in [-0.2, -0.15) is 0 Å². The molecule has 0 aliphatic carbocycles. The number of hydrogen-bond donors (Lipinski definition) is 0. The maximum atomic E-state index is 11.6. The van der Waals surface area contributed by atoms with E-state index in [-0.39, 0.29) is 12.2 Å². The summed E-state index contributed by atoms with van der Waals surface area (Å²) in [7, 11) is -1.47. The molecule has 0 radical (unpaired) electrons. The molecule has 0 fully saturated rings. The highest BCUT2D eigenvalue weighted by Gasteiger charge is 2.09. The van der Waals surface area contributed by atoms with E-state index < -0.39 is 8.07 Å². The van der Waals surface area contributed by atoms with Crippen molar-refractivity contribution in [1.82, 2.24) is 9.97 Å². The smallest absolute Gasteiger partial charge is 0.210 e. The lowest BCUT2D eigenvalue weighted by atomic mass is 10.2. The highest BCUT2D eigenvalue weighted by atomic mass is 32.2. The Morgan fingerprint density at radius 3 is 2.76 bits per heavy atom. The molecule has 0 bridgehead atoms. The molecule has 1 aromatic heterocycles. The Hall–Kier alpha value is -1.12. The van der Waals surface area contributed by atoms with Crippen LogP contribution in [0, 0.1) is 11.5 Å². The summed E-state index contributed by atoms with van der Waals surface area (Å²) in [6, 6.07) is 1.76. The largest absolute Gasteiger partial charge is 0.284 e. The van der Waals surface area contributed by atoms with Gasteiger partial charge in [-0.15, -0.1) is 5.54 Å². The Morgan fingerprint density at radius 2 is 2.18 bits per heavy atom. The van der Waals surface area contributed by atoms with Crippen LogP contribution < -0.4 is 0 Å². The SMILES string of the molecule is CSc1nccc(CC(=O)C#C[Si](C)(C)C)n1. The second-order valence-corrected chi connectivity index (χ2v) is 10.2. The van der Waals surface area contributed by atoms with Gasteiger partial charge in [0.15, 0.2) is 5.16 Å². The summed E-state index contributed by atoms with van der Waals surface area (Å²) in [4.78, 5) is 20.0. The third kappa shape index (κ3) is 5.66. The fraction of sp³-hybridized carbons (Fsp3) is 0.417. The molecule has 3 nitrogen and oxygen atoms in total. The summed E-state index contributed by atoms with van der Waals surface area (Å²) < 4.78 is 0. The first kappa shape index (κ1) is 13.9. The Balaban J connectivity index is 2.70. The molecule has 0 atom stereocenters. The number of carbonyl (C=O) groups is 1. The van der Waals surface area contributed by atoms with Crippen molar-refractivity contribution in [1.29, 1.82) is 0 Å². The molecule has 1 heterocycles. The van der Waals surface area contributed by atoms with Crippen LogP contribution in [0.25, 0.3) is 0 Å². The van der Waals surface area contributed by atoms with E-state index in [2.05, 4.69) is 41.1 Å². The molecule has 0 saturated carbocycles. The number of rotatable bonds is 3. The Kier molecular flexibility index (Phi) is 4.91. The van der Waals surface area contributed by atoms with E-state index in [0.717, 1.165) is 5.69 Å². The van der Waals surface area contributed by atoms with Gasteiger partial charge in [-0.05, 0) is 18.2 Å². The zero-order chi connectivity index (χ0) is 12.9. The van der Waals surface area contributed by atoms with E-state index >= 15 is 0 Å². The van der Waals surface area contributed by atoms with E-state index in [4.69, 9.17) is 0 Å². The minimum absolute atomic E-state index is 0.0711. The monoisotopic (exact) mass is 264 g/mol. The van der Waals surface area contributed by atoms with Crippen molar-refractivity contribution in [2.24, 2.45) is 0 Å². The van der Waals surface area contributed by atoms with Crippen molar-refractivity contribution in [3.05, 3.63) is 18.0 Å². The number of thioether (sulfide) groups is 1. The Labute approximate surface area is 107 Å². The molecule has 0 saturated heterocycles. The summed E-state index contributed by atoms with van der Waals surface area (Å²) in [6.07, 6.45) is 3.85. The predicted molar refractivity (Wildman–Crippen MR) is 73.6 cm³/mol. The molecule has 0 unspecified atom stereocenters. The van der Waals surface area contributed by atoms with E-state index in [1.54, 1.807) is 12.3 Å². The number of hydrogen-bond acceptors (Lipinski definition) is 4. The van der Waals surface area contributed by atoms with Gasteiger partial charge in [-0.25, -0.2) is 9.97 Å². The van der Waals surface area contributed by atoms with Crippen LogP contribution >= 0.6 is 11.8 Å². The van der Waals surface area contributed by atoms with Gasteiger partial charge in [-0.1, -0.05) is 31.4 Å². The lowest BCUT2D eigenvalue weighted by molar-refractivity contribution is -0.113. The van der Waals surface area contributed by atoms with Gasteiger partial charge in [-0.3, -0.25) is 4.79 Å². The molecule has 1 rings (SSSR count). The zero-order valence-corrected chi connectivity index (χ0v) is 12.4. The molecule has 0 aliphatic rings. The zero-order valence-electron chi connectivity index (χ0n) is 10.6. The van der Waals surface area contributed by atoms with Crippen LogP contribution in [0.5, 0.6) is 0 Å². The molecule has 1 aromatic rings. The number of nitrogens with zero attached hydrogens (tertiary/aromatic N) is 2. The first-order chi connectivity index (χ1) is 7.90. The molecule has 0 N–H and O–H groups in total. The molecular formula is C12H16N2OSSi. The molecule has 17 heavy (non-hydrogen) atoms. The van der Waals surface area contributed by atoms with Crippen LogP contribution in [0.4, 0.5) is 0 Å². The second kappa shape index (κ2) is 5.99. The van der Waals surface area contributed by atoms with Gasteiger partial charge in [0.05, 0.1) is 12.1 Å². The average Bonchev–Trinajstić information content (AvgIpc) is 2.26. The number of carbonyl (C=O) groups excluding carboxylic acids is 1. The Bertz CT molecular complexity index is 471. The summed E-state index contributed by atoms with van der Waals surface area (Å²) in [5.41, 5.74) is 3.80. The molecule has 0 aliphatic heterocycles. The normalized spacial score (nSPS) is 10.6. The third-order valence-corrected chi connectivity index (χ3v) is 3.23. The molecule has 0 spiro atoms. The van der Waals surface area contributed by atoms with Crippen LogP contribution in [-0.4, -0.2) is 30.1 Å². The number of Topliss-reactive ketones (excluding diaryl/α,β-unsaturated/α-hetero) is 1. The van der Waals surface area contributed by atoms with Crippen molar-refractivity contribution in [3.8, 4) is 11.5 Å². The maximum Gasteiger partial charge on any atom is 0.210 e. The van der Waals surface area contributed by atoms with Gasteiger partial charge >= 0.3 is 0 Å². The van der Waals surface area contributed by atoms with Crippen LogP contribution in [0.3, 0.4) is 0 Å². The third-order valence-electron chi connectivity index (χ3n) is 1.79. The predicted octanol–water partition coefficient (Wildman–Crippen LogP) is 2.19. The van der Waals surface area contributed by atoms with Crippen LogP contribution in [0.15, 0.2) is 17.4 Å². The first-order valence-corrected chi connectivity index (χ1v) is 10.0. The van der Waals surface area contributed by atoms with Crippen molar-refractivity contribution in [3.63, 3.8) is 0 Å². The fourth-order valence-electron chi connectivity index (χ4n) is 1.04. The van der Waals surface area contributed by atoms with Gasteiger partial charge in [0.2, 0.25) is 5.78 Å². The summed E-state index contributed by atoms with van der Waals surface area (Å²) in [5, 5.41) is 0.688. The van der Waals surface area contributed by atoms with Crippen molar-refractivity contribution >= 4 is 25.6 Å². The second-order valence-electron chi connectivity index (χ2n) is 4.63. The molecule has 0 amide bonds. The van der Waals surface area contributed by atoms with Crippen LogP contribution in [-0.2, 0) is 11.2 Å². The Morgan fingerprint density at radius 1 is 1.47 bits per heavy atom. The fourth-order valence-corrected chi connectivity index (χ4v) is 1.93. The lowest BCUT2D eigenvalue weighted by Gasteiger charge is -2.03. The maximum absolute atomic E-state index is 11.6. The summed E-state index contributed by atoms with van der Waals surface area (Å²) >= 11 is 1.46. The number of ketones is 1. The lowest BCUT2D eigenvalue weighted by Crippen LogP contribution is -2.17. The molecule has 0 aromatic carbocycles. The minimum Gasteiger partial charge on any atom is -0.284 e.